The quantitative estimate of drug-likeness (QED) is 0.632. The third kappa shape index (κ3) is 2.11. The summed E-state index contributed by atoms with van der Waals surface area (Å²) in [4.78, 5) is 23.9. The second-order valence-electron chi connectivity index (χ2n) is 4.67. The number of fused-ring (bicyclic) bond motifs is 1. The van der Waals surface area contributed by atoms with Gasteiger partial charge in [0.15, 0.2) is 5.78 Å². The average Bonchev–Trinajstić information content (AvgIpc) is 3.05. The molecule has 5 heteroatoms. The second-order valence-corrected chi connectivity index (χ2v) is 4.67. The molecule has 0 saturated heterocycles. The highest BCUT2D eigenvalue weighted by molar-refractivity contribution is 5.97. The number of esters is 1. The van der Waals surface area contributed by atoms with Crippen LogP contribution in [0.1, 0.15) is 45.9 Å². The fourth-order valence-electron chi connectivity index (χ4n) is 2.33. The van der Waals surface area contributed by atoms with Gasteiger partial charge in [-0.15, -0.1) is 0 Å². The van der Waals surface area contributed by atoms with Crippen molar-refractivity contribution >= 4 is 11.8 Å². The summed E-state index contributed by atoms with van der Waals surface area (Å²) in [5.41, 5.74) is 1.73. The van der Waals surface area contributed by atoms with E-state index in [4.69, 9.17) is 4.74 Å². The van der Waals surface area contributed by atoms with Crippen LogP contribution in [0.4, 0.5) is 0 Å². The number of benzene rings is 1. The molecule has 20 heavy (non-hydrogen) atoms. The fraction of sp³-hybridized carbons (Fsp3) is 0.267. The molecule has 1 aliphatic heterocycles. The average molecular weight is 270 g/mol. The molecule has 0 saturated carbocycles. The zero-order chi connectivity index (χ0) is 14.1. The number of aryl methyl sites for hydroxylation is 1. The van der Waals surface area contributed by atoms with E-state index in [1.54, 1.807) is 29.1 Å². The van der Waals surface area contributed by atoms with Crippen molar-refractivity contribution in [3.05, 3.63) is 53.3 Å². The van der Waals surface area contributed by atoms with Gasteiger partial charge in [-0.1, -0.05) is 18.2 Å². The van der Waals surface area contributed by atoms with Gasteiger partial charge in [-0.3, -0.25) is 9.48 Å². The second kappa shape index (κ2) is 4.92. The number of ether oxygens (including phenoxy) is 1. The molecule has 5 nitrogen and oxygen atoms in total. The molecule has 1 aliphatic rings. The molecule has 0 aliphatic carbocycles. The van der Waals surface area contributed by atoms with Crippen LogP contribution in [0.15, 0.2) is 36.5 Å². The maximum atomic E-state index is 12.2. The molecule has 1 aromatic heterocycles. The van der Waals surface area contributed by atoms with Gasteiger partial charge >= 0.3 is 5.97 Å². The minimum absolute atomic E-state index is 0.119. The van der Waals surface area contributed by atoms with E-state index in [1.807, 2.05) is 19.1 Å². The van der Waals surface area contributed by atoms with Gasteiger partial charge in [0.05, 0.1) is 12.0 Å². The molecule has 1 aromatic carbocycles. The van der Waals surface area contributed by atoms with Gasteiger partial charge in [-0.2, -0.15) is 5.10 Å². The first kappa shape index (κ1) is 12.6. The first-order valence-electron chi connectivity index (χ1n) is 6.55. The highest BCUT2D eigenvalue weighted by atomic mass is 16.5. The van der Waals surface area contributed by atoms with Gasteiger partial charge in [0.1, 0.15) is 11.8 Å². The van der Waals surface area contributed by atoms with E-state index >= 15 is 0 Å². The first-order chi connectivity index (χ1) is 9.69. The van der Waals surface area contributed by atoms with Gasteiger partial charge in [-0.25, -0.2) is 4.79 Å². The summed E-state index contributed by atoms with van der Waals surface area (Å²) >= 11 is 0. The molecule has 3 rings (SSSR count). The Kier molecular flexibility index (Phi) is 3.10. The summed E-state index contributed by atoms with van der Waals surface area (Å²) in [5.74, 6) is -0.482. The summed E-state index contributed by atoms with van der Waals surface area (Å²) in [5, 5.41) is 4.17. The molecule has 2 heterocycles. The zero-order valence-corrected chi connectivity index (χ0v) is 11.1. The fourth-order valence-corrected chi connectivity index (χ4v) is 2.33. The number of carbonyl (C=O) groups excluding carboxylic acids is 2. The number of cyclic esters (lactones) is 1. The Labute approximate surface area is 116 Å². The van der Waals surface area contributed by atoms with Crippen molar-refractivity contribution in [2.24, 2.45) is 0 Å². The zero-order valence-electron chi connectivity index (χ0n) is 11.1. The number of nitrogens with zero attached hydrogens (tertiary/aromatic N) is 2. The van der Waals surface area contributed by atoms with E-state index in [2.05, 4.69) is 5.10 Å². The third-order valence-electron chi connectivity index (χ3n) is 3.40. The number of ketones is 1. The first-order valence-corrected chi connectivity index (χ1v) is 6.55. The summed E-state index contributed by atoms with van der Waals surface area (Å²) in [6, 6.07) is 8.85. The summed E-state index contributed by atoms with van der Waals surface area (Å²) in [6.07, 6.45) is 1.39. The highest BCUT2D eigenvalue weighted by Gasteiger charge is 2.32. The Hall–Kier alpha value is -2.43. The van der Waals surface area contributed by atoms with Gasteiger partial charge < -0.3 is 4.74 Å². The molecular weight excluding hydrogens is 256 g/mol. The summed E-state index contributed by atoms with van der Waals surface area (Å²) in [6.45, 7) is 2.67. The Balaban J connectivity index is 1.79. The van der Waals surface area contributed by atoms with Crippen LogP contribution in [0.3, 0.4) is 0 Å². The van der Waals surface area contributed by atoms with E-state index in [0.717, 1.165) is 5.56 Å². The molecule has 0 radical (unpaired) electrons. The Morgan fingerprint density at radius 3 is 2.90 bits per heavy atom. The van der Waals surface area contributed by atoms with E-state index in [0.29, 0.717) is 17.8 Å². The predicted octanol–water partition coefficient (Wildman–Crippen LogP) is 2.39. The van der Waals surface area contributed by atoms with Crippen LogP contribution in [0.25, 0.3) is 0 Å². The van der Waals surface area contributed by atoms with Gasteiger partial charge in [0, 0.05) is 18.3 Å². The molecular formula is C15H14N2O3. The SMILES string of the molecule is CCn1ccc(C(=O)C[C@@H]2OC(=O)c3ccccc32)n1. The summed E-state index contributed by atoms with van der Waals surface area (Å²) < 4.78 is 6.96. The normalized spacial score (nSPS) is 16.9. The molecule has 0 N–H and O–H groups in total. The van der Waals surface area contributed by atoms with Crippen LogP contribution in [-0.2, 0) is 11.3 Å². The van der Waals surface area contributed by atoms with Crippen LogP contribution in [-0.4, -0.2) is 21.5 Å². The van der Waals surface area contributed by atoms with Crippen molar-refractivity contribution in [2.75, 3.05) is 0 Å². The van der Waals surface area contributed by atoms with Crippen molar-refractivity contribution < 1.29 is 14.3 Å². The van der Waals surface area contributed by atoms with Crippen LogP contribution >= 0.6 is 0 Å². The lowest BCUT2D eigenvalue weighted by Crippen LogP contribution is -2.09. The van der Waals surface area contributed by atoms with Crippen LogP contribution in [0.5, 0.6) is 0 Å². The Morgan fingerprint density at radius 1 is 1.35 bits per heavy atom. The summed E-state index contributed by atoms with van der Waals surface area (Å²) in [7, 11) is 0. The Morgan fingerprint density at radius 2 is 2.15 bits per heavy atom. The minimum atomic E-state index is -0.502. The molecule has 1 atom stereocenters. The van der Waals surface area contributed by atoms with Crippen molar-refractivity contribution in [3.63, 3.8) is 0 Å². The molecule has 0 bridgehead atoms. The van der Waals surface area contributed by atoms with Crippen molar-refractivity contribution in [2.45, 2.75) is 26.0 Å². The molecule has 0 spiro atoms. The topological polar surface area (TPSA) is 61.2 Å². The van der Waals surface area contributed by atoms with Crippen molar-refractivity contribution in [1.29, 1.82) is 0 Å². The molecule has 0 fully saturated rings. The monoisotopic (exact) mass is 270 g/mol. The molecule has 0 amide bonds. The largest absolute Gasteiger partial charge is 0.453 e. The van der Waals surface area contributed by atoms with Crippen molar-refractivity contribution in [1.82, 2.24) is 9.78 Å². The predicted molar refractivity (Wildman–Crippen MR) is 71.4 cm³/mol. The standard InChI is InChI=1S/C15H14N2O3/c1-2-17-8-7-12(16-17)13(18)9-14-10-5-3-4-6-11(10)15(19)20-14/h3-8,14H,2,9H2,1H3/t14-/m0/s1. The molecule has 0 unspecified atom stereocenters. The number of Topliss-reactive ketones (excluding diaryl/α,β-unsaturated/α-hetero) is 1. The molecule has 102 valence electrons. The van der Waals surface area contributed by atoms with Gasteiger partial charge in [-0.05, 0) is 19.1 Å². The number of hydrogen-bond donors (Lipinski definition) is 0. The maximum absolute atomic E-state index is 12.2. The van der Waals surface area contributed by atoms with E-state index in [1.165, 1.54) is 0 Å². The Bertz CT molecular complexity index is 675. The lowest BCUT2D eigenvalue weighted by atomic mass is 10.0. The number of carbonyl (C=O) groups is 2. The van der Waals surface area contributed by atoms with E-state index in [9.17, 15) is 9.59 Å². The van der Waals surface area contributed by atoms with Gasteiger partial charge in [0.25, 0.3) is 0 Å². The van der Waals surface area contributed by atoms with Crippen molar-refractivity contribution in [3.8, 4) is 0 Å². The number of rotatable bonds is 4. The van der Waals surface area contributed by atoms with Gasteiger partial charge in [0.2, 0.25) is 0 Å². The van der Waals surface area contributed by atoms with Crippen LogP contribution < -0.4 is 0 Å². The molecule has 2 aromatic rings. The van der Waals surface area contributed by atoms with Crippen LogP contribution in [0, 0.1) is 0 Å². The lowest BCUT2D eigenvalue weighted by Gasteiger charge is -2.08. The highest BCUT2D eigenvalue weighted by Crippen LogP contribution is 2.33. The third-order valence-corrected chi connectivity index (χ3v) is 3.40. The van der Waals surface area contributed by atoms with E-state index < -0.39 is 6.10 Å². The maximum Gasteiger partial charge on any atom is 0.339 e. The van der Waals surface area contributed by atoms with E-state index in [-0.39, 0.29) is 18.2 Å². The minimum Gasteiger partial charge on any atom is -0.453 e. The number of hydrogen-bond acceptors (Lipinski definition) is 4. The number of aromatic nitrogens is 2. The van der Waals surface area contributed by atoms with Crippen LogP contribution in [0.2, 0.25) is 0 Å². The smallest absolute Gasteiger partial charge is 0.339 e. The lowest BCUT2D eigenvalue weighted by molar-refractivity contribution is 0.0366.